The summed E-state index contributed by atoms with van der Waals surface area (Å²) in [6.07, 6.45) is -4.10. The molecule has 0 spiro atoms. The summed E-state index contributed by atoms with van der Waals surface area (Å²) in [4.78, 5) is 21.4. The third-order valence-electron chi connectivity index (χ3n) is 3.92. The molecule has 1 atom stereocenters. The van der Waals surface area contributed by atoms with Crippen LogP contribution in [0.3, 0.4) is 0 Å². The zero-order valence-electron chi connectivity index (χ0n) is 14.0. The van der Waals surface area contributed by atoms with Crippen molar-refractivity contribution in [3.05, 3.63) is 41.0 Å². The van der Waals surface area contributed by atoms with Gasteiger partial charge in [0, 0.05) is 0 Å². The van der Waals surface area contributed by atoms with Crippen molar-refractivity contribution >= 4 is 33.3 Å². The van der Waals surface area contributed by atoms with E-state index in [-0.39, 0.29) is 24.7 Å². The number of anilines is 1. The van der Waals surface area contributed by atoms with Crippen LogP contribution in [0.15, 0.2) is 30.5 Å². The highest BCUT2D eigenvalue weighted by atomic mass is 32.1. The lowest BCUT2D eigenvalue weighted by atomic mass is 10.1. The minimum Gasteiger partial charge on any atom is -0.485 e. The Bertz CT molecular complexity index is 1050. The van der Waals surface area contributed by atoms with E-state index in [0.717, 1.165) is 18.2 Å². The van der Waals surface area contributed by atoms with Crippen LogP contribution in [0.25, 0.3) is 10.3 Å². The van der Waals surface area contributed by atoms with Crippen LogP contribution in [0.4, 0.5) is 18.9 Å². The lowest BCUT2D eigenvalue weighted by Crippen LogP contribution is -2.40. The zero-order chi connectivity index (χ0) is 19.9. The second-order valence-corrected chi connectivity index (χ2v) is 6.94. The van der Waals surface area contributed by atoms with Crippen LogP contribution in [0, 0.1) is 0 Å². The van der Waals surface area contributed by atoms with Crippen molar-refractivity contribution in [3.63, 3.8) is 0 Å². The van der Waals surface area contributed by atoms with Gasteiger partial charge in [0.05, 0.1) is 24.1 Å². The number of hydrogen-bond donors (Lipinski definition) is 2. The highest BCUT2D eigenvalue weighted by Gasteiger charge is 2.34. The van der Waals surface area contributed by atoms with Crippen molar-refractivity contribution in [1.82, 2.24) is 9.97 Å². The molecular formula is C17H12F3N3O4S. The molecule has 2 aromatic heterocycles. The number of nitrogens with zero attached hydrogens (tertiary/aromatic N) is 2. The first-order valence-electron chi connectivity index (χ1n) is 8.01. The Balaban J connectivity index is 1.47. The molecule has 1 aliphatic heterocycles. The maximum Gasteiger partial charge on any atom is 0.416 e. The van der Waals surface area contributed by atoms with E-state index in [2.05, 4.69) is 15.3 Å². The van der Waals surface area contributed by atoms with Gasteiger partial charge in [-0.3, -0.25) is 4.79 Å². The van der Waals surface area contributed by atoms with Gasteiger partial charge in [-0.15, -0.1) is 0 Å². The number of halogens is 3. The summed E-state index contributed by atoms with van der Waals surface area (Å²) >= 11 is 1.24. The summed E-state index contributed by atoms with van der Waals surface area (Å²) in [6.45, 7) is -0.438. The number of amides is 1. The van der Waals surface area contributed by atoms with E-state index in [1.54, 1.807) is 6.07 Å². The number of aliphatic hydroxyl groups is 1. The van der Waals surface area contributed by atoms with E-state index in [0.29, 0.717) is 21.0 Å². The number of benzene rings is 1. The number of aromatic nitrogens is 2. The number of carbonyl (C=O) groups is 1. The molecule has 0 saturated heterocycles. The Hall–Kier alpha value is -2.92. The highest BCUT2D eigenvalue weighted by Crippen LogP contribution is 2.38. The summed E-state index contributed by atoms with van der Waals surface area (Å²) in [5.41, 5.74) is 0.0365. The SMILES string of the molecule is O=C(Nc1cnc2sc(CO)nc2c1)[C@H]1COc2cc(C(F)(F)F)ccc2O1. The topological polar surface area (TPSA) is 93.6 Å². The molecular weight excluding hydrogens is 399 g/mol. The quantitative estimate of drug-likeness (QED) is 0.688. The van der Waals surface area contributed by atoms with E-state index >= 15 is 0 Å². The monoisotopic (exact) mass is 411 g/mol. The molecule has 4 rings (SSSR count). The Labute approximate surface area is 159 Å². The van der Waals surface area contributed by atoms with Gasteiger partial charge in [0.1, 0.15) is 22.0 Å². The van der Waals surface area contributed by atoms with Gasteiger partial charge < -0.3 is 19.9 Å². The summed E-state index contributed by atoms with van der Waals surface area (Å²) in [5, 5.41) is 12.2. The van der Waals surface area contributed by atoms with Crippen molar-refractivity contribution in [1.29, 1.82) is 0 Å². The van der Waals surface area contributed by atoms with Crippen molar-refractivity contribution in [3.8, 4) is 11.5 Å². The molecule has 0 fully saturated rings. The maximum atomic E-state index is 12.8. The summed E-state index contributed by atoms with van der Waals surface area (Å²) in [5.74, 6) is -0.551. The first-order chi connectivity index (χ1) is 13.3. The number of rotatable bonds is 3. The molecule has 1 aromatic carbocycles. The fourth-order valence-electron chi connectivity index (χ4n) is 2.60. The van der Waals surface area contributed by atoms with Crippen LogP contribution in [-0.4, -0.2) is 33.7 Å². The average molecular weight is 411 g/mol. The fraction of sp³-hybridized carbons (Fsp3) is 0.235. The van der Waals surface area contributed by atoms with Gasteiger partial charge in [0.25, 0.3) is 5.91 Å². The van der Waals surface area contributed by atoms with Crippen LogP contribution in [0.1, 0.15) is 10.6 Å². The van der Waals surface area contributed by atoms with Gasteiger partial charge in [-0.2, -0.15) is 13.2 Å². The van der Waals surface area contributed by atoms with E-state index in [1.807, 2.05) is 0 Å². The van der Waals surface area contributed by atoms with Gasteiger partial charge in [-0.05, 0) is 24.3 Å². The molecule has 0 aliphatic carbocycles. The molecule has 0 radical (unpaired) electrons. The number of hydrogen-bond acceptors (Lipinski definition) is 7. The molecule has 2 N–H and O–H groups in total. The lowest BCUT2D eigenvalue weighted by Gasteiger charge is -2.26. The standard InChI is InChI=1S/C17H12F3N3O4S/c18-17(19,20)8-1-2-11-12(3-8)26-7-13(27-11)15(25)22-9-4-10-16(21-5-9)28-14(6-24)23-10/h1-5,13,24H,6-7H2,(H,22,25)/t13-/m1/s1. The zero-order valence-corrected chi connectivity index (χ0v) is 14.8. The molecule has 0 unspecified atom stereocenters. The summed E-state index contributed by atoms with van der Waals surface area (Å²) in [6, 6.07) is 4.42. The van der Waals surface area contributed by atoms with Crippen LogP contribution in [0.5, 0.6) is 11.5 Å². The van der Waals surface area contributed by atoms with Gasteiger partial charge in [-0.1, -0.05) is 11.3 Å². The highest BCUT2D eigenvalue weighted by molar-refractivity contribution is 7.18. The normalized spacial score (nSPS) is 16.2. The third kappa shape index (κ3) is 3.58. The molecule has 1 amide bonds. The number of ether oxygens (including phenoxy) is 2. The van der Waals surface area contributed by atoms with Gasteiger partial charge in [0.15, 0.2) is 11.5 Å². The number of thiazole rings is 1. The largest absolute Gasteiger partial charge is 0.485 e. The smallest absolute Gasteiger partial charge is 0.416 e. The molecule has 0 bridgehead atoms. The maximum absolute atomic E-state index is 12.8. The van der Waals surface area contributed by atoms with Crippen molar-refractivity contribution in [2.24, 2.45) is 0 Å². The number of aliphatic hydroxyl groups excluding tert-OH is 1. The second-order valence-electron chi connectivity index (χ2n) is 5.88. The Morgan fingerprint density at radius 1 is 1.32 bits per heavy atom. The van der Waals surface area contributed by atoms with Gasteiger partial charge in [0.2, 0.25) is 6.10 Å². The molecule has 146 valence electrons. The molecule has 0 saturated carbocycles. The van der Waals surface area contributed by atoms with Crippen molar-refractivity contribution < 1.29 is 32.5 Å². The van der Waals surface area contributed by atoms with Crippen molar-refractivity contribution in [2.75, 3.05) is 11.9 Å². The van der Waals surface area contributed by atoms with E-state index in [1.165, 1.54) is 17.5 Å². The Morgan fingerprint density at radius 2 is 2.14 bits per heavy atom. The molecule has 3 aromatic rings. The predicted molar refractivity (Wildman–Crippen MR) is 93.3 cm³/mol. The first-order valence-corrected chi connectivity index (χ1v) is 8.83. The van der Waals surface area contributed by atoms with Gasteiger partial charge >= 0.3 is 6.18 Å². The lowest BCUT2D eigenvalue weighted by molar-refractivity contribution is -0.138. The molecule has 11 heteroatoms. The molecule has 7 nitrogen and oxygen atoms in total. The Kier molecular flexibility index (Phi) is 4.55. The number of carbonyl (C=O) groups excluding carboxylic acids is 1. The number of fused-ring (bicyclic) bond motifs is 2. The molecule has 28 heavy (non-hydrogen) atoms. The van der Waals surface area contributed by atoms with E-state index in [4.69, 9.17) is 14.6 Å². The molecule has 3 heterocycles. The summed E-state index contributed by atoms with van der Waals surface area (Å²) < 4.78 is 49.0. The minimum atomic E-state index is -4.50. The number of nitrogens with one attached hydrogen (secondary N) is 1. The van der Waals surface area contributed by atoms with Crippen LogP contribution < -0.4 is 14.8 Å². The first kappa shape index (κ1) is 18.4. The minimum absolute atomic E-state index is 0.0556. The van der Waals surface area contributed by atoms with Gasteiger partial charge in [-0.25, -0.2) is 9.97 Å². The average Bonchev–Trinajstić information content (AvgIpc) is 3.09. The van der Waals surface area contributed by atoms with Crippen LogP contribution in [-0.2, 0) is 17.6 Å². The van der Waals surface area contributed by atoms with Crippen molar-refractivity contribution in [2.45, 2.75) is 18.9 Å². The van der Waals surface area contributed by atoms with Crippen LogP contribution >= 0.6 is 11.3 Å². The number of pyridine rings is 1. The third-order valence-corrected chi connectivity index (χ3v) is 4.88. The predicted octanol–water partition coefficient (Wildman–Crippen LogP) is 2.98. The summed E-state index contributed by atoms with van der Waals surface area (Å²) in [7, 11) is 0. The molecule has 1 aliphatic rings. The van der Waals surface area contributed by atoms with E-state index in [9.17, 15) is 18.0 Å². The number of alkyl halides is 3. The van der Waals surface area contributed by atoms with Crippen LogP contribution in [0.2, 0.25) is 0 Å². The second kappa shape index (κ2) is 6.91. The van der Waals surface area contributed by atoms with E-state index < -0.39 is 23.8 Å². The fourth-order valence-corrected chi connectivity index (χ4v) is 3.35. The Morgan fingerprint density at radius 3 is 2.89 bits per heavy atom.